The smallest absolute Gasteiger partial charge is 0.399 e. The molecule has 0 radical (unpaired) electrons. The molecule has 2 aromatic rings. The van der Waals surface area contributed by atoms with Gasteiger partial charge in [-0.1, -0.05) is 0 Å². The van der Waals surface area contributed by atoms with Gasteiger partial charge in [-0.05, 0) is 69.9 Å². The van der Waals surface area contributed by atoms with Gasteiger partial charge in [-0.3, -0.25) is 9.78 Å². The van der Waals surface area contributed by atoms with Crippen LogP contribution in [0.3, 0.4) is 0 Å². The summed E-state index contributed by atoms with van der Waals surface area (Å²) < 4.78 is 26.8. The topological polar surface area (TPSA) is 64.8 Å². The first-order chi connectivity index (χ1) is 14.3. The minimum atomic E-state index is -0.795. The standard InChI is InChI=1S/C23H27BFN3O3/c1-14-11-17(25)18(13-16(14)24-30-22(4,5)23(6,7)31-24)28-20(29)19-12-15(9-10-27-19)21(2,3)26-8/h9-13H,1-7H3,(H,28,29). The number of amides is 1. The number of rotatable bonds is 4. The normalized spacial score (nSPS) is 17.3. The summed E-state index contributed by atoms with van der Waals surface area (Å²) in [5.74, 6) is -1.13. The summed E-state index contributed by atoms with van der Waals surface area (Å²) >= 11 is 0. The number of halogens is 1. The zero-order chi connectivity index (χ0) is 23.2. The van der Waals surface area contributed by atoms with Crippen LogP contribution < -0.4 is 10.8 Å². The van der Waals surface area contributed by atoms with Crippen LogP contribution in [0.2, 0.25) is 0 Å². The molecule has 0 unspecified atom stereocenters. The van der Waals surface area contributed by atoms with E-state index >= 15 is 0 Å². The Bertz CT molecular complexity index is 1060. The van der Waals surface area contributed by atoms with Gasteiger partial charge in [0.15, 0.2) is 0 Å². The number of aryl methyl sites for hydroxylation is 1. The van der Waals surface area contributed by atoms with Crippen LogP contribution in [-0.2, 0) is 14.8 Å². The molecule has 0 bridgehead atoms. The molecule has 3 rings (SSSR count). The number of aromatic nitrogens is 1. The van der Waals surface area contributed by atoms with E-state index in [0.717, 1.165) is 0 Å². The molecule has 1 N–H and O–H groups in total. The molecule has 162 valence electrons. The lowest BCUT2D eigenvalue weighted by Gasteiger charge is -2.32. The van der Waals surface area contributed by atoms with Gasteiger partial charge in [0.05, 0.1) is 16.9 Å². The molecule has 2 heterocycles. The van der Waals surface area contributed by atoms with Crippen LogP contribution in [0.15, 0.2) is 30.5 Å². The number of anilines is 1. The Morgan fingerprint density at radius 1 is 1.19 bits per heavy atom. The van der Waals surface area contributed by atoms with Crippen LogP contribution in [0, 0.1) is 19.3 Å². The molecule has 6 nitrogen and oxygen atoms in total. The monoisotopic (exact) mass is 423 g/mol. The number of hydrogen-bond donors (Lipinski definition) is 1. The Kier molecular flexibility index (Phi) is 5.72. The number of pyridine rings is 1. The third-order valence-corrected chi connectivity index (χ3v) is 6.09. The lowest BCUT2D eigenvalue weighted by atomic mass is 9.76. The molecule has 0 atom stereocenters. The number of hydrogen-bond acceptors (Lipinski definition) is 4. The van der Waals surface area contributed by atoms with E-state index in [4.69, 9.17) is 15.9 Å². The summed E-state index contributed by atoms with van der Waals surface area (Å²) in [6.45, 7) is 20.4. The fourth-order valence-corrected chi connectivity index (χ4v) is 3.20. The van der Waals surface area contributed by atoms with Crippen molar-refractivity contribution >= 4 is 24.2 Å². The van der Waals surface area contributed by atoms with Crippen molar-refractivity contribution in [2.45, 2.75) is 65.2 Å². The van der Waals surface area contributed by atoms with Crippen molar-refractivity contribution in [2.75, 3.05) is 5.32 Å². The molecule has 1 amide bonds. The third kappa shape index (κ3) is 4.34. The van der Waals surface area contributed by atoms with Crippen molar-refractivity contribution in [3.05, 3.63) is 64.5 Å². The molecule has 1 fully saturated rings. The fraction of sp³-hybridized carbons (Fsp3) is 0.435. The second-order valence-corrected chi connectivity index (χ2v) is 9.33. The molecule has 0 aliphatic carbocycles. The predicted molar refractivity (Wildman–Crippen MR) is 119 cm³/mol. The van der Waals surface area contributed by atoms with Crippen molar-refractivity contribution < 1.29 is 18.5 Å². The summed E-state index contributed by atoms with van der Waals surface area (Å²) in [7, 11) is -0.679. The van der Waals surface area contributed by atoms with Gasteiger partial charge in [0, 0.05) is 25.6 Å². The highest BCUT2D eigenvalue weighted by Gasteiger charge is 2.52. The first-order valence-electron chi connectivity index (χ1n) is 10.1. The third-order valence-electron chi connectivity index (χ3n) is 6.09. The van der Waals surface area contributed by atoms with E-state index in [1.54, 1.807) is 32.9 Å². The molecular formula is C23H27BFN3O3. The van der Waals surface area contributed by atoms with E-state index in [0.29, 0.717) is 16.6 Å². The SMILES string of the molecule is [C-]#[N+]C(C)(C)c1ccnc(C(=O)Nc2cc(B3OC(C)(C)C(C)(C)O3)c(C)cc2F)c1. The second kappa shape index (κ2) is 7.74. The molecule has 1 saturated heterocycles. The maximum absolute atomic E-state index is 14.7. The number of nitrogens with one attached hydrogen (secondary N) is 1. The Morgan fingerprint density at radius 2 is 1.81 bits per heavy atom. The van der Waals surface area contributed by atoms with Crippen molar-refractivity contribution in [1.29, 1.82) is 0 Å². The van der Waals surface area contributed by atoms with Crippen LogP contribution in [-0.4, -0.2) is 29.2 Å². The van der Waals surface area contributed by atoms with Gasteiger partial charge in [-0.2, -0.15) is 0 Å². The number of carbonyl (C=O) groups is 1. The summed E-state index contributed by atoms with van der Waals surface area (Å²) in [5, 5.41) is 2.59. The Morgan fingerprint density at radius 3 is 2.39 bits per heavy atom. The molecule has 0 spiro atoms. The number of nitrogens with zero attached hydrogens (tertiary/aromatic N) is 2. The van der Waals surface area contributed by atoms with Crippen LogP contribution in [0.5, 0.6) is 0 Å². The van der Waals surface area contributed by atoms with E-state index in [9.17, 15) is 9.18 Å². The molecular weight excluding hydrogens is 396 g/mol. The average Bonchev–Trinajstić information content (AvgIpc) is 2.91. The minimum Gasteiger partial charge on any atom is -0.399 e. The van der Waals surface area contributed by atoms with Gasteiger partial charge in [-0.15, -0.1) is 0 Å². The van der Waals surface area contributed by atoms with E-state index in [1.807, 2.05) is 27.7 Å². The van der Waals surface area contributed by atoms with Crippen molar-refractivity contribution in [2.24, 2.45) is 0 Å². The molecule has 1 aliphatic rings. The zero-order valence-corrected chi connectivity index (χ0v) is 19.0. The van der Waals surface area contributed by atoms with Gasteiger partial charge in [0.25, 0.3) is 11.4 Å². The maximum Gasteiger partial charge on any atom is 0.495 e. The molecule has 1 aromatic carbocycles. The first-order valence-corrected chi connectivity index (χ1v) is 10.1. The van der Waals surface area contributed by atoms with Gasteiger partial charge >= 0.3 is 7.12 Å². The van der Waals surface area contributed by atoms with E-state index in [2.05, 4.69) is 15.1 Å². The first kappa shape index (κ1) is 22.9. The largest absolute Gasteiger partial charge is 0.495 e. The highest BCUT2D eigenvalue weighted by atomic mass is 19.1. The molecule has 0 saturated carbocycles. The van der Waals surface area contributed by atoms with Gasteiger partial charge < -0.3 is 19.5 Å². The van der Waals surface area contributed by atoms with Crippen LogP contribution >= 0.6 is 0 Å². The maximum atomic E-state index is 14.7. The summed E-state index contributed by atoms with van der Waals surface area (Å²) in [4.78, 5) is 20.4. The van der Waals surface area contributed by atoms with E-state index < -0.39 is 35.6 Å². The van der Waals surface area contributed by atoms with Crippen LogP contribution in [0.1, 0.15) is 63.2 Å². The summed E-state index contributed by atoms with van der Waals surface area (Å²) in [6.07, 6.45) is 1.47. The van der Waals surface area contributed by atoms with Crippen LogP contribution in [0.4, 0.5) is 10.1 Å². The summed E-state index contributed by atoms with van der Waals surface area (Å²) in [6, 6.07) is 6.13. The summed E-state index contributed by atoms with van der Waals surface area (Å²) in [5.41, 5.74) is 0.202. The molecule has 1 aliphatic heterocycles. The molecule has 31 heavy (non-hydrogen) atoms. The van der Waals surface area contributed by atoms with E-state index in [-0.39, 0.29) is 11.4 Å². The Balaban J connectivity index is 1.90. The minimum absolute atomic E-state index is 0.0111. The van der Waals surface area contributed by atoms with E-state index in [1.165, 1.54) is 18.3 Å². The van der Waals surface area contributed by atoms with Gasteiger partial charge in [0.2, 0.25) is 0 Å². The van der Waals surface area contributed by atoms with Crippen molar-refractivity contribution in [3.63, 3.8) is 0 Å². The predicted octanol–water partition coefficient (Wildman–Crippen LogP) is 4.24. The fourth-order valence-electron chi connectivity index (χ4n) is 3.20. The Labute approximate surface area is 183 Å². The van der Waals surface area contributed by atoms with Gasteiger partial charge in [0.1, 0.15) is 11.5 Å². The number of carbonyl (C=O) groups excluding carboxylic acids is 1. The highest BCUT2D eigenvalue weighted by Crippen LogP contribution is 2.37. The zero-order valence-electron chi connectivity index (χ0n) is 19.0. The molecule has 8 heteroatoms. The second-order valence-electron chi connectivity index (χ2n) is 9.33. The van der Waals surface area contributed by atoms with Gasteiger partial charge in [-0.25, -0.2) is 11.0 Å². The van der Waals surface area contributed by atoms with Crippen molar-refractivity contribution in [1.82, 2.24) is 4.98 Å². The van der Waals surface area contributed by atoms with Crippen molar-refractivity contribution in [3.8, 4) is 0 Å². The molecule has 1 aromatic heterocycles. The lowest BCUT2D eigenvalue weighted by molar-refractivity contribution is 0.00578. The Hall–Kier alpha value is -2.76. The lowest BCUT2D eigenvalue weighted by Crippen LogP contribution is -2.41. The van der Waals surface area contributed by atoms with Crippen LogP contribution in [0.25, 0.3) is 4.85 Å². The highest BCUT2D eigenvalue weighted by molar-refractivity contribution is 6.62. The number of benzene rings is 1. The quantitative estimate of drug-likeness (QED) is 0.591. The average molecular weight is 423 g/mol.